The van der Waals surface area contributed by atoms with Gasteiger partial charge in [-0.25, -0.2) is 0 Å². The summed E-state index contributed by atoms with van der Waals surface area (Å²) in [5.74, 6) is 0.577. The number of aromatic amines is 1. The molecule has 0 saturated heterocycles. The zero-order chi connectivity index (χ0) is 14.7. The van der Waals surface area contributed by atoms with E-state index in [1.807, 2.05) is 0 Å². The Bertz CT molecular complexity index is 591. The zero-order valence-electron chi connectivity index (χ0n) is 11.7. The Balaban J connectivity index is 1.68. The summed E-state index contributed by atoms with van der Waals surface area (Å²) in [5.41, 5.74) is 1.01. The fourth-order valence-electron chi connectivity index (χ4n) is 2.85. The van der Waals surface area contributed by atoms with E-state index in [0.717, 1.165) is 25.7 Å². The van der Waals surface area contributed by atoms with Crippen molar-refractivity contribution in [1.29, 1.82) is 0 Å². The highest BCUT2D eigenvalue weighted by molar-refractivity contribution is 5.93. The number of aromatic nitrogens is 2. The van der Waals surface area contributed by atoms with Gasteiger partial charge >= 0.3 is 0 Å². The second-order valence-electron chi connectivity index (χ2n) is 5.45. The van der Waals surface area contributed by atoms with Crippen LogP contribution in [0.4, 0.5) is 0 Å². The van der Waals surface area contributed by atoms with Crippen LogP contribution in [0.5, 0.6) is 0 Å². The van der Waals surface area contributed by atoms with Crippen LogP contribution in [-0.4, -0.2) is 33.9 Å². The lowest BCUT2D eigenvalue weighted by Crippen LogP contribution is -2.43. The molecule has 3 N–H and O–H groups in total. The van der Waals surface area contributed by atoms with Crippen molar-refractivity contribution in [3.63, 3.8) is 0 Å². The summed E-state index contributed by atoms with van der Waals surface area (Å²) in [6, 6.07) is 5.28. The summed E-state index contributed by atoms with van der Waals surface area (Å²) < 4.78 is 5.26. The summed E-state index contributed by atoms with van der Waals surface area (Å²) in [5, 5.41) is 19.2. The quantitative estimate of drug-likeness (QED) is 0.802. The fourth-order valence-corrected chi connectivity index (χ4v) is 2.85. The minimum atomic E-state index is -0.214. The SMILES string of the molecule is O=C(NC1CCCCC1CO)c1cc(-c2ccco2)[nH]n1. The summed E-state index contributed by atoms with van der Waals surface area (Å²) in [7, 11) is 0. The van der Waals surface area contributed by atoms with Gasteiger partial charge in [0.25, 0.3) is 5.91 Å². The van der Waals surface area contributed by atoms with E-state index in [1.54, 1.807) is 24.5 Å². The van der Waals surface area contributed by atoms with Crippen LogP contribution >= 0.6 is 0 Å². The van der Waals surface area contributed by atoms with Crippen molar-refractivity contribution in [3.8, 4) is 11.5 Å². The molecule has 1 saturated carbocycles. The van der Waals surface area contributed by atoms with E-state index in [9.17, 15) is 9.90 Å². The van der Waals surface area contributed by atoms with Crippen molar-refractivity contribution >= 4 is 5.91 Å². The highest BCUT2D eigenvalue weighted by Gasteiger charge is 2.26. The average molecular weight is 289 g/mol. The molecule has 2 unspecified atom stereocenters. The topological polar surface area (TPSA) is 91.1 Å². The normalized spacial score (nSPS) is 22.1. The number of amides is 1. The molecule has 0 aromatic carbocycles. The number of furan rings is 1. The van der Waals surface area contributed by atoms with Gasteiger partial charge in [-0.1, -0.05) is 12.8 Å². The molecule has 2 aromatic rings. The molecular weight excluding hydrogens is 270 g/mol. The third-order valence-electron chi connectivity index (χ3n) is 4.06. The van der Waals surface area contributed by atoms with Crippen molar-refractivity contribution in [3.05, 3.63) is 30.2 Å². The standard InChI is InChI=1S/C15H19N3O3/c19-9-10-4-1-2-5-11(10)16-15(20)13-8-12(17-18-13)14-6-3-7-21-14/h3,6-8,10-11,19H,1-2,4-5,9H2,(H,16,20)(H,17,18). The first-order valence-corrected chi connectivity index (χ1v) is 7.29. The first-order chi connectivity index (χ1) is 10.3. The van der Waals surface area contributed by atoms with E-state index < -0.39 is 0 Å². The van der Waals surface area contributed by atoms with Gasteiger partial charge in [0.1, 0.15) is 5.69 Å². The van der Waals surface area contributed by atoms with Crippen LogP contribution in [0.3, 0.4) is 0 Å². The highest BCUT2D eigenvalue weighted by Crippen LogP contribution is 2.24. The third-order valence-corrected chi connectivity index (χ3v) is 4.06. The van der Waals surface area contributed by atoms with Crippen LogP contribution in [0, 0.1) is 5.92 Å². The van der Waals surface area contributed by atoms with Crippen molar-refractivity contribution in [1.82, 2.24) is 15.5 Å². The predicted octanol–water partition coefficient (Wildman–Crippen LogP) is 1.95. The van der Waals surface area contributed by atoms with Crippen LogP contribution < -0.4 is 5.32 Å². The number of aliphatic hydroxyl groups excluding tert-OH is 1. The second kappa shape index (κ2) is 6.13. The number of aliphatic hydroxyl groups is 1. The van der Waals surface area contributed by atoms with Crippen molar-refractivity contribution < 1.29 is 14.3 Å². The Kier molecular flexibility index (Phi) is 4.06. The summed E-state index contributed by atoms with van der Waals surface area (Å²) in [4.78, 5) is 12.3. The van der Waals surface area contributed by atoms with Crippen molar-refractivity contribution in [2.75, 3.05) is 6.61 Å². The Morgan fingerprint density at radius 1 is 1.48 bits per heavy atom. The zero-order valence-corrected chi connectivity index (χ0v) is 11.7. The molecule has 0 radical (unpaired) electrons. The van der Waals surface area contributed by atoms with Gasteiger partial charge in [0, 0.05) is 24.6 Å². The van der Waals surface area contributed by atoms with E-state index in [1.165, 1.54) is 0 Å². The first-order valence-electron chi connectivity index (χ1n) is 7.29. The maximum Gasteiger partial charge on any atom is 0.272 e. The number of hydrogen-bond acceptors (Lipinski definition) is 4. The lowest BCUT2D eigenvalue weighted by atomic mass is 9.85. The molecule has 112 valence electrons. The summed E-state index contributed by atoms with van der Waals surface area (Å²) in [6.45, 7) is 0.114. The molecule has 2 atom stereocenters. The number of rotatable bonds is 4. The van der Waals surface area contributed by atoms with Gasteiger partial charge in [-0.05, 0) is 25.0 Å². The second-order valence-corrected chi connectivity index (χ2v) is 5.45. The number of nitrogens with one attached hydrogen (secondary N) is 2. The Labute approximate surface area is 122 Å². The molecule has 0 spiro atoms. The molecule has 1 amide bonds. The van der Waals surface area contributed by atoms with Gasteiger partial charge in [-0.2, -0.15) is 5.10 Å². The van der Waals surface area contributed by atoms with Gasteiger partial charge < -0.3 is 14.8 Å². The fraction of sp³-hybridized carbons (Fsp3) is 0.467. The molecule has 2 heterocycles. The maximum atomic E-state index is 12.3. The molecule has 3 rings (SSSR count). The number of hydrogen-bond donors (Lipinski definition) is 3. The van der Waals surface area contributed by atoms with Crippen LogP contribution in [-0.2, 0) is 0 Å². The predicted molar refractivity (Wildman–Crippen MR) is 76.6 cm³/mol. The summed E-state index contributed by atoms with van der Waals surface area (Å²) >= 11 is 0. The molecule has 1 aliphatic carbocycles. The Hall–Kier alpha value is -2.08. The minimum Gasteiger partial charge on any atom is -0.463 e. The number of carbonyl (C=O) groups is 1. The van der Waals surface area contributed by atoms with Gasteiger partial charge in [-0.15, -0.1) is 0 Å². The number of carbonyl (C=O) groups excluding carboxylic acids is 1. The Morgan fingerprint density at radius 2 is 2.33 bits per heavy atom. The summed E-state index contributed by atoms with van der Waals surface area (Å²) in [6.07, 6.45) is 5.64. The maximum absolute atomic E-state index is 12.3. The van der Waals surface area contributed by atoms with Crippen molar-refractivity contribution in [2.24, 2.45) is 5.92 Å². The van der Waals surface area contributed by atoms with Crippen LogP contribution in [0.25, 0.3) is 11.5 Å². The number of nitrogens with zero attached hydrogens (tertiary/aromatic N) is 1. The molecule has 6 heteroatoms. The van der Waals surface area contributed by atoms with Crippen LogP contribution in [0.2, 0.25) is 0 Å². The largest absolute Gasteiger partial charge is 0.463 e. The third kappa shape index (κ3) is 3.00. The van der Waals surface area contributed by atoms with E-state index in [4.69, 9.17) is 4.42 Å². The van der Waals surface area contributed by atoms with Gasteiger partial charge in [0.2, 0.25) is 0 Å². The molecule has 1 fully saturated rings. The number of H-pyrrole nitrogens is 1. The molecule has 21 heavy (non-hydrogen) atoms. The monoisotopic (exact) mass is 289 g/mol. The molecule has 0 aliphatic heterocycles. The Morgan fingerprint density at radius 3 is 3.10 bits per heavy atom. The molecular formula is C15H19N3O3. The average Bonchev–Trinajstić information content (AvgIpc) is 3.18. The van der Waals surface area contributed by atoms with E-state index in [-0.39, 0.29) is 24.5 Å². The highest BCUT2D eigenvalue weighted by atomic mass is 16.3. The first kappa shape index (κ1) is 13.9. The van der Waals surface area contributed by atoms with Gasteiger partial charge in [0.05, 0.1) is 6.26 Å². The van der Waals surface area contributed by atoms with E-state index >= 15 is 0 Å². The molecule has 1 aliphatic rings. The van der Waals surface area contributed by atoms with Crippen LogP contribution in [0.15, 0.2) is 28.9 Å². The molecule has 2 aromatic heterocycles. The lowest BCUT2D eigenvalue weighted by Gasteiger charge is -2.30. The minimum absolute atomic E-state index is 0.0278. The van der Waals surface area contributed by atoms with Crippen molar-refractivity contribution in [2.45, 2.75) is 31.7 Å². The van der Waals surface area contributed by atoms with Crippen LogP contribution in [0.1, 0.15) is 36.2 Å². The molecule has 0 bridgehead atoms. The molecule has 6 nitrogen and oxygen atoms in total. The van der Waals surface area contributed by atoms with Gasteiger partial charge in [-0.3, -0.25) is 9.89 Å². The van der Waals surface area contributed by atoms with E-state index in [0.29, 0.717) is 17.1 Å². The lowest BCUT2D eigenvalue weighted by molar-refractivity contribution is 0.0867. The van der Waals surface area contributed by atoms with Gasteiger partial charge in [0.15, 0.2) is 11.5 Å². The smallest absolute Gasteiger partial charge is 0.272 e. The van der Waals surface area contributed by atoms with E-state index in [2.05, 4.69) is 15.5 Å².